The van der Waals surface area contributed by atoms with Crippen molar-refractivity contribution >= 4 is 44.4 Å². The maximum Gasteiger partial charge on any atom is 0.264 e. The summed E-state index contributed by atoms with van der Waals surface area (Å²) in [6, 6.07) is 18.3. The topological polar surface area (TPSA) is 61.4 Å². The minimum atomic E-state index is -3.80. The van der Waals surface area contributed by atoms with E-state index in [2.05, 4.69) is 10.6 Å². The molecular weight excluding hydrogens is 445 g/mol. The van der Waals surface area contributed by atoms with Gasteiger partial charge in [0.15, 0.2) is 5.11 Å². The van der Waals surface area contributed by atoms with Crippen LogP contribution in [0.4, 0.5) is 21.5 Å². The van der Waals surface area contributed by atoms with Crippen LogP contribution in [0.1, 0.15) is 24.5 Å². The van der Waals surface area contributed by atoms with Crippen molar-refractivity contribution in [2.75, 3.05) is 14.9 Å². The molecule has 0 radical (unpaired) electrons. The van der Waals surface area contributed by atoms with Gasteiger partial charge in [-0.25, -0.2) is 12.8 Å². The third-order valence-electron chi connectivity index (χ3n) is 5.49. The monoisotopic (exact) mass is 469 g/mol. The Kier molecular flexibility index (Phi) is 6.17. The van der Waals surface area contributed by atoms with Gasteiger partial charge in [0.25, 0.3) is 10.0 Å². The first-order valence-corrected chi connectivity index (χ1v) is 12.2. The molecule has 3 aromatic rings. The summed E-state index contributed by atoms with van der Waals surface area (Å²) < 4.78 is 41.9. The van der Waals surface area contributed by atoms with Crippen molar-refractivity contribution < 1.29 is 12.8 Å². The number of sulfonamides is 1. The smallest absolute Gasteiger partial charge is 0.264 e. The number of hydrogen-bond acceptors (Lipinski definition) is 3. The van der Waals surface area contributed by atoms with E-state index in [1.54, 1.807) is 30.3 Å². The van der Waals surface area contributed by atoms with Crippen LogP contribution >= 0.6 is 12.2 Å². The zero-order valence-corrected chi connectivity index (χ0v) is 19.4. The summed E-state index contributed by atoms with van der Waals surface area (Å²) in [5.41, 5.74) is 3.93. The number of nitrogens with zero attached hydrogens (tertiary/aromatic N) is 1. The third-order valence-corrected chi connectivity index (χ3v) is 7.64. The van der Waals surface area contributed by atoms with E-state index in [1.165, 1.54) is 16.4 Å². The highest BCUT2D eigenvalue weighted by molar-refractivity contribution is 7.92. The molecule has 4 rings (SSSR count). The highest BCUT2D eigenvalue weighted by Crippen LogP contribution is 2.35. The molecule has 0 saturated heterocycles. The van der Waals surface area contributed by atoms with Crippen LogP contribution in [0, 0.1) is 12.7 Å². The maximum absolute atomic E-state index is 13.7. The number of fused-ring (bicyclic) bond motifs is 1. The Morgan fingerprint density at radius 2 is 1.59 bits per heavy atom. The number of halogens is 1. The van der Waals surface area contributed by atoms with Gasteiger partial charge in [-0.15, -0.1) is 0 Å². The largest absolute Gasteiger partial charge is 0.332 e. The lowest BCUT2D eigenvalue weighted by molar-refractivity contribution is 0.560. The molecule has 8 heteroatoms. The number of thiocarbonyl (C=S) groups is 1. The maximum atomic E-state index is 13.7. The van der Waals surface area contributed by atoms with Crippen LogP contribution in [-0.2, 0) is 16.4 Å². The number of benzene rings is 3. The first kappa shape index (κ1) is 22.2. The van der Waals surface area contributed by atoms with E-state index in [1.807, 2.05) is 38.1 Å². The van der Waals surface area contributed by atoms with Gasteiger partial charge in [0.1, 0.15) is 5.82 Å². The predicted molar refractivity (Wildman–Crippen MR) is 131 cm³/mol. The summed E-state index contributed by atoms with van der Waals surface area (Å²) in [6.45, 7) is 3.88. The number of hydrogen-bond donors (Lipinski definition) is 2. The SMILES string of the molecule is Cc1ccc(NC(=S)Nc2ccc(S(=O)(=O)N3c4ccc(F)cc4CC[C@@H]3C)cc2)cc1. The highest BCUT2D eigenvalue weighted by atomic mass is 32.2. The first-order chi connectivity index (χ1) is 15.2. The number of rotatable bonds is 4. The van der Waals surface area contributed by atoms with E-state index in [4.69, 9.17) is 12.2 Å². The molecule has 2 N–H and O–H groups in total. The van der Waals surface area contributed by atoms with E-state index in [0.29, 0.717) is 34.9 Å². The fraction of sp³-hybridized carbons (Fsp3) is 0.208. The van der Waals surface area contributed by atoms with Gasteiger partial charge in [-0.3, -0.25) is 4.31 Å². The summed E-state index contributed by atoms with van der Waals surface area (Å²) in [5, 5.41) is 6.57. The molecule has 3 aromatic carbocycles. The lowest BCUT2D eigenvalue weighted by atomic mass is 9.99. The van der Waals surface area contributed by atoms with E-state index in [0.717, 1.165) is 11.3 Å². The quantitative estimate of drug-likeness (QED) is 0.496. The van der Waals surface area contributed by atoms with Gasteiger partial charge in [0, 0.05) is 17.4 Å². The zero-order chi connectivity index (χ0) is 22.9. The van der Waals surface area contributed by atoms with Crippen molar-refractivity contribution in [1.29, 1.82) is 0 Å². The van der Waals surface area contributed by atoms with Crippen molar-refractivity contribution in [1.82, 2.24) is 0 Å². The molecule has 0 bridgehead atoms. The third kappa shape index (κ3) is 4.61. The second-order valence-electron chi connectivity index (χ2n) is 7.93. The van der Waals surface area contributed by atoms with Gasteiger partial charge in [0.2, 0.25) is 0 Å². The van der Waals surface area contributed by atoms with E-state index >= 15 is 0 Å². The second kappa shape index (κ2) is 8.88. The van der Waals surface area contributed by atoms with Gasteiger partial charge < -0.3 is 10.6 Å². The number of aryl methyl sites for hydroxylation is 2. The lowest BCUT2D eigenvalue weighted by Crippen LogP contribution is -2.42. The van der Waals surface area contributed by atoms with Crippen molar-refractivity contribution in [3.8, 4) is 0 Å². The van der Waals surface area contributed by atoms with Crippen molar-refractivity contribution in [3.63, 3.8) is 0 Å². The minimum absolute atomic E-state index is 0.171. The minimum Gasteiger partial charge on any atom is -0.332 e. The standard InChI is InChI=1S/C24H24FN3O2S2/c1-16-3-8-20(9-4-16)26-24(31)27-21-10-12-22(13-11-21)32(29,30)28-17(2)5-6-18-15-19(25)7-14-23(18)28/h3-4,7-15,17H,5-6H2,1-2H3,(H2,26,27,31)/t17-/m0/s1. The molecule has 1 heterocycles. The summed E-state index contributed by atoms with van der Waals surface area (Å²) in [4.78, 5) is 0.171. The molecule has 32 heavy (non-hydrogen) atoms. The summed E-state index contributed by atoms with van der Waals surface area (Å²) in [6.07, 6.45) is 1.28. The Labute approximate surface area is 193 Å². The highest BCUT2D eigenvalue weighted by Gasteiger charge is 2.33. The molecule has 0 unspecified atom stereocenters. The normalized spacial score (nSPS) is 15.7. The molecule has 0 spiro atoms. The molecule has 0 aromatic heterocycles. The van der Waals surface area contributed by atoms with Crippen LogP contribution in [0.3, 0.4) is 0 Å². The Balaban J connectivity index is 1.52. The Morgan fingerprint density at radius 3 is 2.22 bits per heavy atom. The summed E-state index contributed by atoms with van der Waals surface area (Å²) >= 11 is 5.35. The van der Waals surface area contributed by atoms with Crippen LogP contribution in [0.25, 0.3) is 0 Å². The van der Waals surface area contributed by atoms with Crippen LogP contribution in [0.2, 0.25) is 0 Å². The summed E-state index contributed by atoms with van der Waals surface area (Å²) in [5.74, 6) is -0.360. The Morgan fingerprint density at radius 1 is 1.00 bits per heavy atom. The average Bonchev–Trinajstić information content (AvgIpc) is 2.75. The molecule has 0 fully saturated rings. The fourth-order valence-electron chi connectivity index (χ4n) is 3.81. The van der Waals surface area contributed by atoms with Gasteiger partial charge in [-0.05, 0) is 99.1 Å². The van der Waals surface area contributed by atoms with Crippen LogP contribution in [0.15, 0.2) is 71.6 Å². The molecule has 1 atom stereocenters. The van der Waals surface area contributed by atoms with E-state index in [-0.39, 0.29) is 16.8 Å². The zero-order valence-electron chi connectivity index (χ0n) is 17.8. The van der Waals surface area contributed by atoms with E-state index < -0.39 is 10.0 Å². The predicted octanol–water partition coefficient (Wildman–Crippen LogP) is 5.47. The molecule has 1 aliphatic heterocycles. The Bertz CT molecular complexity index is 1240. The second-order valence-corrected chi connectivity index (χ2v) is 10.2. The number of nitrogens with one attached hydrogen (secondary N) is 2. The molecule has 166 valence electrons. The summed E-state index contributed by atoms with van der Waals surface area (Å²) in [7, 11) is -3.80. The fourth-order valence-corrected chi connectivity index (χ4v) is 5.77. The van der Waals surface area contributed by atoms with Crippen LogP contribution in [-0.4, -0.2) is 19.6 Å². The molecule has 1 aliphatic rings. The average molecular weight is 470 g/mol. The van der Waals surface area contributed by atoms with Crippen molar-refractivity contribution in [3.05, 3.63) is 83.7 Å². The van der Waals surface area contributed by atoms with Crippen molar-refractivity contribution in [2.24, 2.45) is 0 Å². The van der Waals surface area contributed by atoms with Gasteiger partial charge in [-0.1, -0.05) is 17.7 Å². The van der Waals surface area contributed by atoms with Gasteiger partial charge in [-0.2, -0.15) is 0 Å². The van der Waals surface area contributed by atoms with Crippen LogP contribution in [0.5, 0.6) is 0 Å². The Hall–Kier alpha value is -2.97. The molecule has 0 amide bonds. The molecule has 0 aliphatic carbocycles. The van der Waals surface area contributed by atoms with E-state index in [9.17, 15) is 12.8 Å². The molecular formula is C24H24FN3O2S2. The van der Waals surface area contributed by atoms with Crippen LogP contribution < -0.4 is 14.9 Å². The number of anilines is 3. The van der Waals surface area contributed by atoms with Gasteiger partial charge in [0.05, 0.1) is 10.6 Å². The lowest BCUT2D eigenvalue weighted by Gasteiger charge is -2.36. The first-order valence-electron chi connectivity index (χ1n) is 10.3. The van der Waals surface area contributed by atoms with Gasteiger partial charge >= 0.3 is 0 Å². The van der Waals surface area contributed by atoms with Crippen molar-refractivity contribution in [2.45, 2.75) is 37.6 Å². The molecule has 0 saturated carbocycles. The molecule has 5 nitrogen and oxygen atoms in total.